The van der Waals surface area contributed by atoms with Crippen molar-refractivity contribution in [1.82, 2.24) is 9.88 Å². The number of hydrogen-bond acceptors (Lipinski definition) is 3. The number of aromatic nitrogens is 1. The summed E-state index contributed by atoms with van der Waals surface area (Å²) in [5.41, 5.74) is 3.36. The second-order valence-corrected chi connectivity index (χ2v) is 5.82. The molecule has 5 heteroatoms. The molecule has 1 aliphatic rings. The molecule has 2 aromatic heterocycles. The molecule has 1 fully saturated rings. The number of aromatic amines is 1. The van der Waals surface area contributed by atoms with Gasteiger partial charge in [-0.1, -0.05) is 30.3 Å². The molecule has 0 aliphatic carbocycles. The van der Waals surface area contributed by atoms with E-state index in [2.05, 4.69) is 17.1 Å². The van der Waals surface area contributed by atoms with Crippen LogP contribution >= 0.6 is 0 Å². The van der Waals surface area contributed by atoms with E-state index in [1.807, 2.05) is 29.2 Å². The number of amides is 1. The third-order valence-electron chi connectivity index (χ3n) is 4.20. The van der Waals surface area contributed by atoms with Crippen LogP contribution in [0.3, 0.4) is 0 Å². The molecule has 1 atom stereocenters. The molecule has 1 amide bonds. The van der Waals surface area contributed by atoms with Crippen molar-refractivity contribution in [3.63, 3.8) is 0 Å². The van der Waals surface area contributed by atoms with Crippen molar-refractivity contribution in [3.8, 4) is 0 Å². The maximum Gasteiger partial charge on any atom is 0.270 e. The van der Waals surface area contributed by atoms with Gasteiger partial charge in [0.1, 0.15) is 5.69 Å². The molecule has 1 N–H and O–H groups in total. The molecule has 1 aliphatic heterocycles. The van der Waals surface area contributed by atoms with Gasteiger partial charge in [-0.3, -0.25) is 4.79 Å². The van der Waals surface area contributed by atoms with Gasteiger partial charge in [-0.25, -0.2) is 0 Å². The number of rotatable bonds is 3. The van der Waals surface area contributed by atoms with Crippen LogP contribution in [0.15, 0.2) is 53.1 Å². The predicted octanol–water partition coefficient (Wildman–Crippen LogP) is 2.84. The first kappa shape index (κ1) is 14.1. The van der Waals surface area contributed by atoms with E-state index < -0.39 is 0 Å². The molecule has 4 rings (SSSR count). The van der Waals surface area contributed by atoms with E-state index in [1.165, 1.54) is 5.56 Å². The summed E-state index contributed by atoms with van der Waals surface area (Å²) in [7, 11) is 0. The van der Waals surface area contributed by atoms with Crippen molar-refractivity contribution >= 4 is 17.0 Å². The number of ether oxygens (including phenoxy) is 1. The summed E-state index contributed by atoms with van der Waals surface area (Å²) in [5, 5.41) is 0. The molecule has 3 aromatic rings. The Morgan fingerprint density at radius 2 is 2.13 bits per heavy atom. The van der Waals surface area contributed by atoms with E-state index in [0.29, 0.717) is 31.0 Å². The van der Waals surface area contributed by atoms with Crippen molar-refractivity contribution in [2.45, 2.75) is 12.5 Å². The highest BCUT2D eigenvalue weighted by Gasteiger charge is 2.26. The number of nitrogens with zero attached hydrogens (tertiary/aromatic N) is 1. The summed E-state index contributed by atoms with van der Waals surface area (Å²) >= 11 is 0. The van der Waals surface area contributed by atoms with Crippen molar-refractivity contribution in [3.05, 3.63) is 60.0 Å². The third-order valence-corrected chi connectivity index (χ3v) is 4.20. The van der Waals surface area contributed by atoms with Gasteiger partial charge in [-0.05, 0) is 5.56 Å². The number of H-pyrrole nitrogens is 1. The molecule has 1 unspecified atom stereocenters. The normalized spacial score (nSPS) is 18.4. The molecule has 23 heavy (non-hydrogen) atoms. The second kappa shape index (κ2) is 5.93. The molecule has 5 nitrogen and oxygen atoms in total. The molecule has 0 radical (unpaired) electrons. The topological polar surface area (TPSA) is 58.5 Å². The van der Waals surface area contributed by atoms with Gasteiger partial charge in [-0.2, -0.15) is 0 Å². The Kier molecular flexibility index (Phi) is 3.63. The Labute approximate surface area is 133 Å². The van der Waals surface area contributed by atoms with Gasteiger partial charge in [0, 0.05) is 31.6 Å². The third kappa shape index (κ3) is 2.87. The molecule has 0 spiro atoms. The van der Waals surface area contributed by atoms with E-state index >= 15 is 0 Å². The Morgan fingerprint density at radius 1 is 1.26 bits per heavy atom. The largest absolute Gasteiger partial charge is 0.463 e. The van der Waals surface area contributed by atoms with E-state index in [-0.39, 0.29) is 12.0 Å². The number of benzene rings is 1. The van der Waals surface area contributed by atoms with E-state index in [9.17, 15) is 4.79 Å². The zero-order valence-corrected chi connectivity index (χ0v) is 12.7. The average Bonchev–Trinajstić information content (AvgIpc) is 3.17. The lowest BCUT2D eigenvalue weighted by Gasteiger charge is -2.32. The predicted molar refractivity (Wildman–Crippen MR) is 86.4 cm³/mol. The zero-order valence-electron chi connectivity index (χ0n) is 12.7. The highest BCUT2D eigenvalue weighted by Crippen LogP contribution is 2.19. The number of morpholine rings is 1. The maximum absolute atomic E-state index is 12.7. The second-order valence-electron chi connectivity index (χ2n) is 5.82. The molecule has 1 saturated heterocycles. The smallest absolute Gasteiger partial charge is 0.270 e. The fourth-order valence-corrected chi connectivity index (χ4v) is 3.04. The van der Waals surface area contributed by atoms with Gasteiger partial charge in [0.25, 0.3) is 5.91 Å². The van der Waals surface area contributed by atoms with Crippen LogP contribution in [0.25, 0.3) is 11.1 Å². The highest BCUT2D eigenvalue weighted by atomic mass is 16.5. The molecule has 1 aromatic carbocycles. The number of nitrogens with one attached hydrogen (secondary N) is 1. The van der Waals surface area contributed by atoms with Crippen molar-refractivity contribution < 1.29 is 13.9 Å². The standard InChI is InChI=1S/C18H18N2O3/c21-18(16-11-17-15(19-16)6-8-23-17)20-7-9-22-14(12-20)10-13-4-2-1-3-5-13/h1-6,8,11,14,19H,7,9-10,12H2. The first-order valence-electron chi connectivity index (χ1n) is 7.80. The van der Waals surface area contributed by atoms with Gasteiger partial charge in [0.05, 0.1) is 24.5 Å². The minimum Gasteiger partial charge on any atom is -0.463 e. The maximum atomic E-state index is 12.7. The lowest BCUT2D eigenvalue weighted by Crippen LogP contribution is -2.46. The van der Waals surface area contributed by atoms with Gasteiger partial charge < -0.3 is 19.0 Å². The number of fused-ring (bicyclic) bond motifs is 1. The Bertz CT molecular complexity index is 777. The van der Waals surface area contributed by atoms with Gasteiger partial charge in [0.15, 0.2) is 5.58 Å². The highest BCUT2D eigenvalue weighted by molar-refractivity contribution is 5.96. The van der Waals surface area contributed by atoms with Crippen LogP contribution in [0.4, 0.5) is 0 Å². The summed E-state index contributed by atoms with van der Waals surface area (Å²) in [4.78, 5) is 17.6. The fraction of sp³-hybridized carbons (Fsp3) is 0.278. The van der Waals surface area contributed by atoms with Crippen LogP contribution in [0.5, 0.6) is 0 Å². The Balaban J connectivity index is 1.46. The number of carbonyl (C=O) groups is 1. The first-order chi connectivity index (χ1) is 11.3. The molecule has 118 valence electrons. The van der Waals surface area contributed by atoms with Gasteiger partial charge >= 0.3 is 0 Å². The number of furan rings is 1. The summed E-state index contributed by atoms with van der Waals surface area (Å²) in [6, 6.07) is 13.8. The van der Waals surface area contributed by atoms with Crippen molar-refractivity contribution in [2.24, 2.45) is 0 Å². The number of hydrogen-bond donors (Lipinski definition) is 1. The Morgan fingerprint density at radius 3 is 2.96 bits per heavy atom. The minimum atomic E-state index is -0.00207. The first-order valence-corrected chi connectivity index (χ1v) is 7.80. The fourth-order valence-electron chi connectivity index (χ4n) is 3.04. The van der Waals surface area contributed by atoms with E-state index in [4.69, 9.17) is 9.15 Å². The molecule has 3 heterocycles. The minimum absolute atomic E-state index is 0.00207. The van der Waals surface area contributed by atoms with Gasteiger partial charge in [-0.15, -0.1) is 0 Å². The van der Waals surface area contributed by atoms with Crippen LogP contribution in [-0.4, -0.2) is 41.6 Å². The van der Waals surface area contributed by atoms with Crippen molar-refractivity contribution in [1.29, 1.82) is 0 Å². The number of carbonyl (C=O) groups excluding carboxylic acids is 1. The average molecular weight is 310 g/mol. The molecule has 0 saturated carbocycles. The van der Waals surface area contributed by atoms with Crippen LogP contribution < -0.4 is 0 Å². The summed E-state index contributed by atoms with van der Waals surface area (Å²) < 4.78 is 11.1. The van der Waals surface area contributed by atoms with E-state index in [1.54, 1.807) is 12.3 Å². The van der Waals surface area contributed by atoms with Crippen molar-refractivity contribution in [2.75, 3.05) is 19.7 Å². The SMILES string of the molecule is O=C(c1cc2occc2[nH]1)N1CCOC(Cc2ccccc2)C1. The van der Waals surface area contributed by atoms with E-state index in [0.717, 1.165) is 11.9 Å². The quantitative estimate of drug-likeness (QED) is 0.809. The van der Waals surface area contributed by atoms with Crippen LogP contribution in [0.1, 0.15) is 16.1 Å². The lowest BCUT2D eigenvalue weighted by atomic mass is 10.1. The molecule has 0 bridgehead atoms. The Hall–Kier alpha value is -2.53. The molecular weight excluding hydrogens is 292 g/mol. The van der Waals surface area contributed by atoms with Gasteiger partial charge in [0.2, 0.25) is 0 Å². The summed E-state index contributed by atoms with van der Waals surface area (Å²) in [5.74, 6) is -0.00207. The monoisotopic (exact) mass is 310 g/mol. The zero-order chi connectivity index (χ0) is 15.6. The van der Waals surface area contributed by atoms with Crippen LogP contribution in [0, 0.1) is 0 Å². The van der Waals surface area contributed by atoms with Crippen LogP contribution in [-0.2, 0) is 11.2 Å². The van der Waals surface area contributed by atoms with Crippen LogP contribution in [0.2, 0.25) is 0 Å². The summed E-state index contributed by atoms with van der Waals surface area (Å²) in [6.45, 7) is 1.79. The summed E-state index contributed by atoms with van der Waals surface area (Å²) in [6.07, 6.45) is 2.46. The molecular formula is C18H18N2O3. The lowest BCUT2D eigenvalue weighted by molar-refractivity contribution is -0.0209.